The summed E-state index contributed by atoms with van der Waals surface area (Å²) in [5.41, 5.74) is 0.404. The number of halogens is 1. The lowest BCUT2D eigenvalue weighted by atomic mass is 10.2. The lowest BCUT2D eigenvalue weighted by molar-refractivity contribution is 0.321. The molecule has 1 aromatic carbocycles. The molecule has 98 valence electrons. The number of benzene rings is 1. The molecule has 0 unspecified atom stereocenters. The van der Waals surface area contributed by atoms with Crippen LogP contribution >= 0.6 is 11.6 Å². The smallest absolute Gasteiger partial charge is 0.268 e. The third-order valence-corrected chi connectivity index (χ3v) is 3.01. The second-order valence-electron chi connectivity index (χ2n) is 3.92. The Bertz CT molecular complexity index is 708. The molecular weight excluding hydrogens is 268 g/mol. The Morgan fingerprint density at radius 3 is 2.68 bits per heavy atom. The molecule has 0 aliphatic rings. The van der Waals surface area contributed by atoms with Crippen LogP contribution in [-0.4, -0.2) is 21.1 Å². The molecule has 0 aliphatic heterocycles. The second-order valence-corrected chi connectivity index (χ2v) is 4.33. The van der Waals surface area contributed by atoms with Gasteiger partial charge in [0.1, 0.15) is 11.3 Å². The first-order chi connectivity index (χ1) is 9.06. The standard InChI is InChI=1S/C13H11ClN2O3/c1-8-6-12(17)9(7-15-19)13(18)16(8)11-5-3-2-4-10(11)14/h2-7,17,19H,1H3/b15-7-. The lowest BCUT2D eigenvalue weighted by Crippen LogP contribution is -2.24. The molecule has 0 aliphatic carbocycles. The molecule has 6 heteroatoms. The van der Waals surface area contributed by atoms with Crippen LogP contribution < -0.4 is 5.56 Å². The van der Waals surface area contributed by atoms with Crippen LogP contribution in [0.1, 0.15) is 11.3 Å². The van der Waals surface area contributed by atoms with Crippen molar-refractivity contribution in [3.8, 4) is 11.4 Å². The lowest BCUT2D eigenvalue weighted by Gasteiger charge is -2.13. The molecule has 0 amide bonds. The summed E-state index contributed by atoms with van der Waals surface area (Å²) in [6.07, 6.45) is 0.893. The van der Waals surface area contributed by atoms with Gasteiger partial charge in [0.05, 0.1) is 16.9 Å². The Morgan fingerprint density at radius 1 is 1.37 bits per heavy atom. The number of nitrogens with zero attached hydrogens (tertiary/aromatic N) is 2. The van der Waals surface area contributed by atoms with Crippen molar-refractivity contribution in [1.82, 2.24) is 4.57 Å². The average molecular weight is 279 g/mol. The van der Waals surface area contributed by atoms with Gasteiger partial charge in [-0.3, -0.25) is 9.36 Å². The van der Waals surface area contributed by atoms with Gasteiger partial charge in [-0.05, 0) is 19.1 Å². The fourth-order valence-corrected chi connectivity index (χ4v) is 2.06. The predicted octanol–water partition coefficient (Wildman–Crippen LogP) is 2.31. The van der Waals surface area contributed by atoms with E-state index in [4.69, 9.17) is 16.8 Å². The van der Waals surface area contributed by atoms with Crippen molar-refractivity contribution in [3.05, 3.63) is 57.0 Å². The summed E-state index contributed by atoms with van der Waals surface area (Å²) >= 11 is 6.07. The molecule has 0 fully saturated rings. The van der Waals surface area contributed by atoms with Crippen molar-refractivity contribution in [2.24, 2.45) is 5.16 Å². The molecule has 0 radical (unpaired) electrons. The molecular formula is C13H11ClN2O3. The molecule has 19 heavy (non-hydrogen) atoms. The van der Waals surface area contributed by atoms with E-state index in [0.717, 1.165) is 6.21 Å². The van der Waals surface area contributed by atoms with Gasteiger partial charge in [0, 0.05) is 11.8 Å². The zero-order chi connectivity index (χ0) is 14.0. The molecule has 0 saturated carbocycles. The number of hydrogen-bond acceptors (Lipinski definition) is 4. The van der Waals surface area contributed by atoms with Crippen molar-refractivity contribution in [2.45, 2.75) is 6.92 Å². The summed E-state index contributed by atoms with van der Waals surface area (Å²) in [6, 6.07) is 8.26. The number of para-hydroxylation sites is 1. The normalized spacial score (nSPS) is 11.1. The van der Waals surface area contributed by atoms with E-state index >= 15 is 0 Å². The second kappa shape index (κ2) is 5.16. The van der Waals surface area contributed by atoms with Gasteiger partial charge < -0.3 is 10.3 Å². The van der Waals surface area contributed by atoms with E-state index < -0.39 is 5.56 Å². The van der Waals surface area contributed by atoms with Crippen LogP contribution in [0.15, 0.2) is 40.3 Å². The zero-order valence-electron chi connectivity index (χ0n) is 10.0. The third-order valence-electron chi connectivity index (χ3n) is 2.69. The molecule has 2 N–H and O–H groups in total. The number of aromatic nitrogens is 1. The Balaban J connectivity index is 2.82. The first-order valence-electron chi connectivity index (χ1n) is 5.44. The summed E-state index contributed by atoms with van der Waals surface area (Å²) in [5, 5.41) is 21.4. The summed E-state index contributed by atoms with van der Waals surface area (Å²) in [4.78, 5) is 12.3. The summed E-state index contributed by atoms with van der Waals surface area (Å²) in [5.74, 6) is -0.247. The van der Waals surface area contributed by atoms with Crippen molar-refractivity contribution < 1.29 is 10.3 Å². The molecule has 5 nitrogen and oxygen atoms in total. The van der Waals surface area contributed by atoms with Crippen LogP contribution in [0, 0.1) is 6.92 Å². The van der Waals surface area contributed by atoms with Crippen molar-refractivity contribution in [2.75, 3.05) is 0 Å². The van der Waals surface area contributed by atoms with Crippen LogP contribution in [-0.2, 0) is 0 Å². The zero-order valence-corrected chi connectivity index (χ0v) is 10.8. The van der Waals surface area contributed by atoms with Crippen molar-refractivity contribution in [3.63, 3.8) is 0 Å². The van der Waals surface area contributed by atoms with E-state index in [1.54, 1.807) is 31.2 Å². The summed E-state index contributed by atoms with van der Waals surface area (Å²) in [7, 11) is 0. The van der Waals surface area contributed by atoms with Gasteiger partial charge in [-0.2, -0.15) is 0 Å². The minimum absolute atomic E-state index is 0.104. The van der Waals surface area contributed by atoms with Gasteiger partial charge in [0.15, 0.2) is 0 Å². The van der Waals surface area contributed by atoms with E-state index in [2.05, 4.69) is 5.16 Å². The van der Waals surface area contributed by atoms with Crippen LogP contribution in [0.3, 0.4) is 0 Å². The summed E-state index contributed by atoms with van der Waals surface area (Å²) in [6.45, 7) is 1.67. The SMILES string of the molecule is Cc1cc(O)c(/C=N\O)c(=O)n1-c1ccccc1Cl. The highest BCUT2D eigenvalue weighted by atomic mass is 35.5. The Hall–Kier alpha value is -2.27. The number of pyridine rings is 1. The van der Waals surface area contributed by atoms with Gasteiger partial charge in [-0.1, -0.05) is 28.9 Å². The maximum Gasteiger partial charge on any atom is 0.268 e. The molecule has 2 rings (SSSR count). The Morgan fingerprint density at radius 2 is 2.05 bits per heavy atom. The quantitative estimate of drug-likeness (QED) is 0.503. The maximum absolute atomic E-state index is 12.3. The number of aromatic hydroxyl groups is 1. The molecule has 1 heterocycles. The molecule has 0 bridgehead atoms. The monoisotopic (exact) mass is 278 g/mol. The van der Waals surface area contributed by atoms with Crippen LogP contribution in [0.25, 0.3) is 5.69 Å². The van der Waals surface area contributed by atoms with Crippen LogP contribution in [0.5, 0.6) is 5.75 Å². The summed E-state index contributed by atoms with van der Waals surface area (Å²) < 4.78 is 1.35. The first-order valence-corrected chi connectivity index (χ1v) is 5.82. The fraction of sp³-hybridized carbons (Fsp3) is 0.0769. The van der Waals surface area contributed by atoms with Gasteiger partial charge in [-0.25, -0.2) is 0 Å². The van der Waals surface area contributed by atoms with E-state index in [1.807, 2.05) is 0 Å². The number of rotatable bonds is 2. The van der Waals surface area contributed by atoms with Crippen LogP contribution in [0.2, 0.25) is 5.02 Å². The van der Waals surface area contributed by atoms with E-state index in [0.29, 0.717) is 16.4 Å². The molecule has 1 aromatic heterocycles. The van der Waals surface area contributed by atoms with Gasteiger partial charge in [0.25, 0.3) is 5.56 Å². The fourth-order valence-electron chi connectivity index (χ4n) is 1.84. The highest BCUT2D eigenvalue weighted by Gasteiger charge is 2.14. The molecule has 0 saturated heterocycles. The highest BCUT2D eigenvalue weighted by Crippen LogP contribution is 2.22. The van der Waals surface area contributed by atoms with Gasteiger partial charge in [0.2, 0.25) is 0 Å². The number of aryl methyl sites for hydroxylation is 1. The Labute approximate surface area is 114 Å². The largest absolute Gasteiger partial charge is 0.507 e. The minimum atomic E-state index is -0.511. The molecule has 0 atom stereocenters. The Kier molecular flexibility index (Phi) is 3.57. The van der Waals surface area contributed by atoms with E-state index in [1.165, 1.54) is 10.6 Å². The maximum atomic E-state index is 12.3. The van der Waals surface area contributed by atoms with E-state index in [-0.39, 0.29) is 11.3 Å². The van der Waals surface area contributed by atoms with Crippen molar-refractivity contribution in [1.29, 1.82) is 0 Å². The van der Waals surface area contributed by atoms with Crippen molar-refractivity contribution >= 4 is 17.8 Å². The molecule has 2 aromatic rings. The number of oxime groups is 1. The molecule has 0 spiro atoms. The first kappa shape index (κ1) is 13.2. The van der Waals surface area contributed by atoms with Gasteiger partial charge in [-0.15, -0.1) is 0 Å². The van der Waals surface area contributed by atoms with Gasteiger partial charge >= 0.3 is 0 Å². The topological polar surface area (TPSA) is 74.8 Å². The highest BCUT2D eigenvalue weighted by molar-refractivity contribution is 6.32. The minimum Gasteiger partial charge on any atom is -0.507 e. The van der Waals surface area contributed by atoms with E-state index in [9.17, 15) is 9.90 Å². The third kappa shape index (κ3) is 2.32. The number of hydrogen-bond donors (Lipinski definition) is 2. The van der Waals surface area contributed by atoms with Crippen LogP contribution in [0.4, 0.5) is 0 Å². The predicted molar refractivity (Wildman–Crippen MR) is 72.8 cm³/mol. The average Bonchev–Trinajstić information content (AvgIpc) is 2.36.